The van der Waals surface area contributed by atoms with Crippen LogP contribution in [-0.4, -0.2) is 34.0 Å². The summed E-state index contributed by atoms with van der Waals surface area (Å²) in [5.74, 6) is 0.256. The van der Waals surface area contributed by atoms with Crippen molar-refractivity contribution >= 4 is 11.9 Å². The van der Waals surface area contributed by atoms with Crippen molar-refractivity contribution in [3.63, 3.8) is 0 Å². The average Bonchev–Trinajstić information content (AvgIpc) is 2.44. The van der Waals surface area contributed by atoms with Gasteiger partial charge in [0.05, 0.1) is 6.04 Å². The number of alkyl halides is 3. The quantitative estimate of drug-likeness (QED) is 0.839. The molecule has 2 rings (SSSR count). The molecular weight excluding hydrogens is 315 g/mol. The topological polar surface area (TPSA) is 95.2 Å². The number of nitrogens with one attached hydrogen (secondary N) is 1. The molecule has 1 aromatic heterocycles. The molecule has 1 unspecified atom stereocenters. The Kier molecular flexibility index (Phi) is 5.04. The number of hydrogen-bond acceptors (Lipinski definition) is 7. The zero-order chi connectivity index (χ0) is 16.9. The highest BCUT2D eigenvalue weighted by Gasteiger charge is 2.31. The molecule has 23 heavy (non-hydrogen) atoms. The monoisotopic (exact) mass is 329 g/mol. The van der Waals surface area contributed by atoms with Gasteiger partial charge in [-0.1, -0.05) is 6.07 Å². The predicted octanol–water partition coefficient (Wildman–Crippen LogP) is 2.23. The van der Waals surface area contributed by atoms with Gasteiger partial charge < -0.3 is 20.5 Å². The van der Waals surface area contributed by atoms with E-state index in [0.717, 1.165) is 6.07 Å². The van der Waals surface area contributed by atoms with Gasteiger partial charge in [-0.2, -0.15) is 4.98 Å². The number of nitrogens with zero attached hydrogens (tertiary/aromatic N) is 3. The highest BCUT2D eigenvalue weighted by molar-refractivity contribution is 5.33. The first-order valence-electron chi connectivity index (χ1n) is 6.51. The van der Waals surface area contributed by atoms with Crippen LogP contribution in [0.25, 0.3) is 0 Å². The Labute approximate surface area is 129 Å². The number of rotatable bonds is 6. The first-order valence-corrected chi connectivity index (χ1v) is 6.51. The summed E-state index contributed by atoms with van der Waals surface area (Å²) in [4.78, 5) is 11.4. The summed E-state index contributed by atoms with van der Waals surface area (Å²) in [6.07, 6.45) is -3.48. The molecule has 0 bridgehead atoms. The molecule has 3 N–H and O–H groups in total. The molecule has 0 amide bonds. The third-order valence-corrected chi connectivity index (χ3v) is 2.51. The Bertz CT molecular complexity index is 654. The molecule has 0 aliphatic carbocycles. The maximum atomic E-state index is 12.2. The van der Waals surface area contributed by atoms with Gasteiger partial charge >= 0.3 is 6.36 Å². The number of nitrogen functional groups attached to an aromatic ring is 1. The Morgan fingerprint density at radius 3 is 2.70 bits per heavy atom. The molecule has 0 radical (unpaired) electrons. The molecular formula is C13H14F3N5O2. The predicted molar refractivity (Wildman–Crippen MR) is 75.9 cm³/mol. The van der Waals surface area contributed by atoms with E-state index in [0.29, 0.717) is 0 Å². The van der Waals surface area contributed by atoms with Crippen LogP contribution in [0.1, 0.15) is 6.92 Å². The Morgan fingerprint density at radius 1 is 1.26 bits per heavy atom. The van der Waals surface area contributed by atoms with Gasteiger partial charge in [-0.25, -0.2) is 9.97 Å². The van der Waals surface area contributed by atoms with E-state index in [2.05, 4.69) is 25.0 Å². The molecule has 1 atom stereocenters. The molecule has 10 heteroatoms. The molecule has 0 aliphatic rings. The fraction of sp³-hybridized carbons (Fsp3) is 0.308. The Balaban J connectivity index is 1.89. The highest BCUT2D eigenvalue weighted by Crippen LogP contribution is 2.26. The number of benzene rings is 1. The minimum Gasteiger partial charge on any atom is -0.491 e. The average molecular weight is 329 g/mol. The summed E-state index contributed by atoms with van der Waals surface area (Å²) in [5.41, 5.74) is 5.43. The van der Waals surface area contributed by atoms with Crippen LogP contribution < -0.4 is 20.5 Å². The van der Waals surface area contributed by atoms with Crippen molar-refractivity contribution in [1.29, 1.82) is 0 Å². The maximum absolute atomic E-state index is 12.2. The third-order valence-electron chi connectivity index (χ3n) is 2.51. The molecule has 7 nitrogen and oxygen atoms in total. The number of aromatic nitrogens is 3. The molecule has 0 aliphatic heterocycles. The summed E-state index contributed by atoms with van der Waals surface area (Å²) < 4.78 is 45.7. The lowest BCUT2D eigenvalue weighted by atomic mass is 10.3. The van der Waals surface area contributed by atoms with Crippen LogP contribution in [-0.2, 0) is 0 Å². The van der Waals surface area contributed by atoms with Crippen molar-refractivity contribution in [3.05, 3.63) is 30.6 Å². The minimum atomic E-state index is -4.74. The zero-order valence-electron chi connectivity index (χ0n) is 12.0. The highest BCUT2D eigenvalue weighted by atomic mass is 19.4. The van der Waals surface area contributed by atoms with E-state index in [9.17, 15) is 13.2 Å². The summed E-state index contributed by atoms with van der Waals surface area (Å²) in [7, 11) is 0. The maximum Gasteiger partial charge on any atom is 0.573 e. The van der Waals surface area contributed by atoms with E-state index in [1.165, 1.54) is 24.5 Å². The molecule has 0 fully saturated rings. The number of ether oxygens (including phenoxy) is 2. The van der Waals surface area contributed by atoms with Gasteiger partial charge in [-0.3, -0.25) is 0 Å². The lowest BCUT2D eigenvalue weighted by molar-refractivity contribution is -0.274. The molecule has 0 spiro atoms. The van der Waals surface area contributed by atoms with Crippen molar-refractivity contribution in [1.82, 2.24) is 15.0 Å². The normalized spacial score (nSPS) is 12.5. The van der Waals surface area contributed by atoms with Crippen LogP contribution >= 0.6 is 0 Å². The van der Waals surface area contributed by atoms with E-state index < -0.39 is 6.36 Å². The Morgan fingerprint density at radius 2 is 2.00 bits per heavy atom. The first-order chi connectivity index (χ1) is 10.8. The van der Waals surface area contributed by atoms with E-state index in [1.807, 2.05) is 0 Å². The fourth-order valence-electron chi connectivity index (χ4n) is 1.62. The number of nitrogens with two attached hydrogens (primary N) is 1. The van der Waals surface area contributed by atoms with Crippen molar-refractivity contribution in [3.8, 4) is 11.5 Å². The van der Waals surface area contributed by atoms with Gasteiger partial charge in [0.25, 0.3) is 0 Å². The van der Waals surface area contributed by atoms with Crippen molar-refractivity contribution in [2.75, 3.05) is 17.7 Å². The lowest BCUT2D eigenvalue weighted by Crippen LogP contribution is -2.25. The molecule has 124 valence electrons. The summed E-state index contributed by atoms with van der Waals surface area (Å²) in [6.45, 7) is 1.96. The molecule has 1 heterocycles. The second-order valence-corrected chi connectivity index (χ2v) is 4.55. The smallest absolute Gasteiger partial charge is 0.491 e. The van der Waals surface area contributed by atoms with E-state index in [-0.39, 0.29) is 36.0 Å². The van der Waals surface area contributed by atoms with E-state index in [1.54, 1.807) is 6.92 Å². The second kappa shape index (κ2) is 6.99. The SMILES string of the molecule is CC(COc1cccc(OC(F)(F)F)c1)Nc1ncnc(N)n1. The Hall–Kier alpha value is -2.78. The van der Waals surface area contributed by atoms with Gasteiger partial charge in [-0.15, -0.1) is 13.2 Å². The van der Waals surface area contributed by atoms with Crippen LogP contribution in [0.5, 0.6) is 11.5 Å². The fourth-order valence-corrected chi connectivity index (χ4v) is 1.62. The van der Waals surface area contributed by atoms with E-state index in [4.69, 9.17) is 10.5 Å². The number of anilines is 2. The molecule has 0 saturated heterocycles. The lowest BCUT2D eigenvalue weighted by Gasteiger charge is -2.15. The molecule has 0 saturated carbocycles. The van der Waals surface area contributed by atoms with Gasteiger partial charge in [0.1, 0.15) is 24.4 Å². The summed E-state index contributed by atoms with van der Waals surface area (Å²) in [6, 6.07) is 5.05. The molecule has 1 aromatic carbocycles. The van der Waals surface area contributed by atoms with Crippen LogP contribution in [0.2, 0.25) is 0 Å². The van der Waals surface area contributed by atoms with Gasteiger partial charge in [0.2, 0.25) is 11.9 Å². The number of hydrogen-bond donors (Lipinski definition) is 2. The van der Waals surface area contributed by atoms with E-state index >= 15 is 0 Å². The van der Waals surface area contributed by atoms with Crippen LogP contribution in [0, 0.1) is 0 Å². The zero-order valence-corrected chi connectivity index (χ0v) is 12.0. The van der Waals surface area contributed by atoms with Crippen LogP contribution in [0.4, 0.5) is 25.1 Å². The van der Waals surface area contributed by atoms with Gasteiger partial charge in [0.15, 0.2) is 0 Å². The summed E-state index contributed by atoms with van der Waals surface area (Å²) >= 11 is 0. The molecule has 2 aromatic rings. The standard InChI is InChI=1S/C13H14F3N5O2/c1-8(20-12-19-7-18-11(17)21-12)6-22-9-3-2-4-10(5-9)23-13(14,15)16/h2-5,7-8H,6H2,1H3,(H3,17,18,19,20,21). The third kappa shape index (κ3) is 5.85. The second-order valence-electron chi connectivity index (χ2n) is 4.55. The van der Waals surface area contributed by atoms with Crippen molar-refractivity contribution in [2.24, 2.45) is 0 Å². The largest absolute Gasteiger partial charge is 0.573 e. The van der Waals surface area contributed by atoms with Crippen LogP contribution in [0.3, 0.4) is 0 Å². The van der Waals surface area contributed by atoms with Gasteiger partial charge in [-0.05, 0) is 19.1 Å². The van der Waals surface area contributed by atoms with Crippen LogP contribution in [0.15, 0.2) is 30.6 Å². The van der Waals surface area contributed by atoms with Gasteiger partial charge in [0, 0.05) is 6.07 Å². The number of halogens is 3. The van der Waals surface area contributed by atoms with Crippen molar-refractivity contribution in [2.45, 2.75) is 19.3 Å². The summed E-state index contributed by atoms with van der Waals surface area (Å²) in [5, 5.41) is 2.93. The first kappa shape index (κ1) is 16.6. The van der Waals surface area contributed by atoms with Crippen molar-refractivity contribution < 1.29 is 22.6 Å². The minimum absolute atomic E-state index is 0.0765.